The number of ether oxygens (including phenoxy) is 1. The van der Waals surface area contributed by atoms with Gasteiger partial charge in [-0.3, -0.25) is 4.79 Å². The van der Waals surface area contributed by atoms with Gasteiger partial charge in [-0.05, 0) is 46.7 Å². The van der Waals surface area contributed by atoms with Crippen molar-refractivity contribution in [3.63, 3.8) is 0 Å². The second-order valence-electron chi connectivity index (χ2n) is 4.64. The minimum absolute atomic E-state index is 0.116. The maximum atomic E-state index is 12.2. The SMILES string of the molecule is CC(C)Cn1ccnc(Oc2cccc(I)c2)c1=O. The molecule has 0 N–H and O–H groups in total. The number of hydrogen-bond donors (Lipinski definition) is 0. The zero-order valence-corrected chi connectivity index (χ0v) is 13.0. The van der Waals surface area contributed by atoms with Gasteiger partial charge in [-0.2, -0.15) is 0 Å². The maximum absolute atomic E-state index is 12.2. The number of hydrogen-bond acceptors (Lipinski definition) is 3. The lowest BCUT2D eigenvalue weighted by Gasteiger charge is -2.10. The van der Waals surface area contributed by atoms with E-state index in [2.05, 4.69) is 41.4 Å². The Labute approximate surface area is 125 Å². The predicted molar refractivity (Wildman–Crippen MR) is 82.6 cm³/mol. The first-order chi connectivity index (χ1) is 9.06. The summed E-state index contributed by atoms with van der Waals surface area (Å²) in [6.07, 6.45) is 3.27. The second-order valence-corrected chi connectivity index (χ2v) is 5.89. The largest absolute Gasteiger partial charge is 0.435 e. The van der Waals surface area contributed by atoms with E-state index >= 15 is 0 Å². The molecule has 0 aliphatic carbocycles. The summed E-state index contributed by atoms with van der Waals surface area (Å²) in [7, 11) is 0. The van der Waals surface area contributed by atoms with Crippen LogP contribution in [-0.2, 0) is 6.54 Å². The highest BCUT2D eigenvalue weighted by molar-refractivity contribution is 14.1. The van der Waals surface area contributed by atoms with Crippen molar-refractivity contribution in [1.29, 1.82) is 0 Å². The third-order valence-corrected chi connectivity index (χ3v) is 3.13. The van der Waals surface area contributed by atoms with Crippen molar-refractivity contribution in [1.82, 2.24) is 9.55 Å². The molecule has 2 rings (SSSR count). The fourth-order valence-corrected chi connectivity index (χ4v) is 2.19. The number of benzene rings is 1. The lowest BCUT2D eigenvalue weighted by molar-refractivity contribution is 0.432. The van der Waals surface area contributed by atoms with Crippen LogP contribution in [-0.4, -0.2) is 9.55 Å². The van der Waals surface area contributed by atoms with E-state index in [0.717, 1.165) is 3.57 Å². The van der Waals surface area contributed by atoms with Crippen LogP contribution >= 0.6 is 22.6 Å². The molecule has 0 saturated heterocycles. The summed E-state index contributed by atoms with van der Waals surface area (Å²) < 4.78 is 8.24. The Kier molecular flexibility index (Phi) is 4.57. The molecule has 0 amide bonds. The second kappa shape index (κ2) is 6.18. The predicted octanol–water partition coefficient (Wildman–Crippen LogP) is 3.30. The van der Waals surface area contributed by atoms with Crippen LogP contribution in [0.15, 0.2) is 41.5 Å². The van der Waals surface area contributed by atoms with Gasteiger partial charge in [-0.1, -0.05) is 19.9 Å². The third-order valence-electron chi connectivity index (χ3n) is 2.45. The summed E-state index contributed by atoms with van der Waals surface area (Å²) in [4.78, 5) is 16.2. The molecular weight excluding hydrogens is 355 g/mol. The van der Waals surface area contributed by atoms with Crippen molar-refractivity contribution in [3.05, 3.63) is 50.6 Å². The number of halogens is 1. The molecule has 0 saturated carbocycles. The Balaban J connectivity index is 2.28. The molecule has 0 aliphatic heterocycles. The first kappa shape index (κ1) is 14.0. The van der Waals surface area contributed by atoms with Crippen LogP contribution in [0.3, 0.4) is 0 Å². The van der Waals surface area contributed by atoms with Crippen LogP contribution < -0.4 is 10.3 Å². The minimum Gasteiger partial charge on any atom is -0.435 e. The Morgan fingerprint density at radius 2 is 2.21 bits per heavy atom. The minimum atomic E-state index is -0.199. The molecule has 0 aliphatic rings. The molecule has 4 nitrogen and oxygen atoms in total. The Hall–Kier alpha value is -1.37. The Morgan fingerprint density at radius 1 is 1.42 bits per heavy atom. The summed E-state index contributed by atoms with van der Waals surface area (Å²) >= 11 is 2.20. The first-order valence-corrected chi connectivity index (χ1v) is 7.13. The Morgan fingerprint density at radius 3 is 2.89 bits per heavy atom. The lowest BCUT2D eigenvalue weighted by atomic mass is 10.2. The van der Waals surface area contributed by atoms with Crippen LogP contribution in [0, 0.1) is 9.49 Å². The molecule has 0 bridgehead atoms. The van der Waals surface area contributed by atoms with E-state index in [-0.39, 0.29) is 11.4 Å². The fraction of sp³-hybridized carbons (Fsp3) is 0.286. The van der Waals surface area contributed by atoms with Crippen LogP contribution in [0.25, 0.3) is 0 Å². The van der Waals surface area contributed by atoms with Crippen molar-refractivity contribution in [3.8, 4) is 11.6 Å². The van der Waals surface area contributed by atoms with E-state index in [9.17, 15) is 4.79 Å². The fourth-order valence-electron chi connectivity index (χ4n) is 1.68. The average Bonchev–Trinajstić information content (AvgIpc) is 2.34. The molecule has 1 aromatic carbocycles. The maximum Gasteiger partial charge on any atom is 0.313 e. The topological polar surface area (TPSA) is 44.1 Å². The van der Waals surface area contributed by atoms with Gasteiger partial charge >= 0.3 is 5.56 Å². The highest BCUT2D eigenvalue weighted by Gasteiger charge is 2.08. The van der Waals surface area contributed by atoms with Gasteiger partial charge in [0, 0.05) is 22.5 Å². The van der Waals surface area contributed by atoms with E-state index < -0.39 is 0 Å². The van der Waals surface area contributed by atoms with E-state index in [4.69, 9.17) is 4.74 Å². The summed E-state index contributed by atoms with van der Waals surface area (Å²) in [5.41, 5.74) is -0.199. The number of nitrogens with zero attached hydrogens (tertiary/aromatic N) is 2. The summed E-state index contributed by atoms with van der Waals surface area (Å²) in [5.74, 6) is 1.13. The molecule has 100 valence electrons. The van der Waals surface area contributed by atoms with Crippen LogP contribution in [0.2, 0.25) is 0 Å². The number of rotatable bonds is 4. The molecular formula is C14H15IN2O2. The monoisotopic (exact) mass is 370 g/mol. The molecule has 1 aromatic heterocycles. The van der Waals surface area contributed by atoms with Crippen molar-refractivity contribution >= 4 is 22.6 Å². The summed E-state index contributed by atoms with van der Waals surface area (Å²) in [6.45, 7) is 4.78. The van der Waals surface area contributed by atoms with Crippen molar-refractivity contribution in [2.75, 3.05) is 0 Å². The zero-order chi connectivity index (χ0) is 13.8. The molecule has 2 aromatic rings. The highest BCUT2D eigenvalue weighted by Crippen LogP contribution is 2.18. The van der Waals surface area contributed by atoms with Crippen LogP contribution in [0.4, 0.5) is 0 Å². The van der Waals surface area contributed by atoms with Gasteiger partial charge in [0.2, 0.25) is 0 Å². The van der Waals surface area contributed by atoms with Crippen molar-refractivity contribution < 1.29 is 4.74 Å². The lowest BCUT2D eigenvalue weighted by Crippen LogP contribution is -2.23. The van der Waals surface area contributed by atoms with Crippen molar-refractivity contribution in [2.24, 2.45) is 5.92 Å². The van der Waals surface area contributed by atoms with Gasteiger partial charge < -0.3 is 9.30 Å². The van der Waals surface area contributed by atoms with Crippen LogP contribution in [0.5, 0.6) is 11.6 Å². The van der Waals surface area contributed by atoms with Gasteiger partial charge in [0.15, 0.2) is 0 Å². The van der Waals surface area contributed by atoms with Gasteiger partial charge in [0.25, 0.3) is 5.88 Å². The smallest absolute Gasteiger partial charge is 0.313 e. The van der Waals surface area contributed by atoms with Gasteiger partial charge in [-0.25, -0.2) is 4.98 Å². The van der Waals surface area contributed by atoms with Gasteiger partial charge in [0.05, 0.1) is 0 Å². The first-order valence-electron chi connectivity index (χ1n) is 6.05. The quantitative estimate of drug-likeness (QED) is 0.776. The number of aromatic nitrogens is 2. The van der Waals surface area contributed by atoms with E-state index in [1.807, 2.05) is 24.3 Å². The highest BCUT2D eigenvalue weighted by atomic mass is 127. The average molecular weight is 370 g/mol. The molecule has 0 radical (unpaired) electrons. The molecule has 5 heteroatoms. The molecule has 0 spiro atoms. The van der Waals surface area contributed by atoms with Crippen molar-refractivity contribution in [2.45, 2.75) is 20.4 Å². The molecule has 0 atom stereocenters. The summed E-state index contributed by atoms with van der Waals surface area (Å²) in [5, 5.41) is 0. The Bertz CT molecular complexity index is 623. The molecule has 0 unspecified atom stereocenters. The van der Waals surface area contributed by atoms with E-state index in [1.54, 1.807) is 17.0 Å². The van der Waals surface area contributed by atoms with E-state index in [0.29, 0.717) is 18.2 Å². The standard InChI is InChI=1S/C14H15IN2O2/c1-10(2)9-17-7-6-16-13(14(17)18)19-12-5-3-4-11(15)8-12/h3-8,10H,9H2,1-2H3. The molecule has 0 fully saturated rings. The normalized spacial score (nSPS) is 10.7. The third kappa shape index (κ3) is 3.79. The van der Waals surface area contributed by atoms with E-state index in [1.165, 1.54) is 0 Å². The van der Waals surface area contributed by atoms with Gasteiger partial charge in [0.1, 0.15) is 5.75 Å². The molecule has 1 heterocycles. The zero-order valence-electron chi connectivity index (χ0n) is 10.8. The molecule has 19 heavy (non-hydrogen) atoms. The van der Waals surface area contributed by atoms with Crippen LogP contribution in [0.1, 0.15) is 13.8 Å². The summed E-state index contributed by atoms with van der Waals surface area (Å²) in [6, 6.07) is 7.51. The van der Waals surface area contributed by atoms with Gasteiger partial charge in [-0.15, -0.1) is 0 Å².